The van der Waals surface area contributed by atoms with Crippen LogP contribution in [0, 0.1) is 11.8 Å². The van der Waals surface area contributed by atoms with Crippen LogP contribution in [0.15, 0.2) is 11.0 Å². The Labute approximate surface area is 229 Å². The zero-order valence-electron chi connectivity index (χ0n) is 20.5. The number of anilines is 1. The quantitative estimate of drug-likeness (QED) is 0.0322. The summed E-state index contributed by atoms with van der Waals surface area (Å²) in [4.78, 5) is 72.0. The van der Waals surface area contributed by atoms with Crippen molar-refractivity contribution in [2.24, 2.45) is 5.90 Å². The van der Waals surface area contributed by atoms with Crippen molar-refractivity contribution in [2.45, 2.75) is 44.0 Å². The van der Waals surface area contributed by atoms with E-state index in [0.29, 0.717) is 24.0 Å². The largest absolute Gasteiger partial charge is 0.508 e. The second-order valence-corrected chi connectivity index (χ2v) is 12.1. The van der Waals surface area contributed by atoms with E-state index < -0.39 is 53.9 Å². The van der Waals surface area contributed by atoms with Gasteiger partial charge in [0.15, 0.2) is 6.23 Å². The predicted molar refractivity (Wildman–Crippen MR) is 129 cm³/mol. The number of hydrogen-bond donors (Lipinski definition) is 9. The van der Waals surface area contributed by atoms with Crippen molar-refractivity contribution in [3.05, 3.63) is 22.2 Å². The topological polar surface area (TPSA) is 344 Å². The summed E-state index contributed by atoms with van der Waals surface area (Å²) in [5.41, 5.74) is 4.52. The third-order valence-corrected chi connectivity index (χ3v) is 8.21. The minimum absolute atomic E-state index is 0.0677. The average molecular weight is 653 g/mol. The van der Waals surface area contributed by atoms with E-state index in [1.165, 1.54) is 0 Å². The first-order valence-electron chi connectivity index (χ1n) is 10.9. The summed E-state index contributed by atoms with van der Waals surface area (Å²) in [5.74, 6) is 9.38. The summed E-state index contributed by atoms with van der Waals surface area (Å²) in [5, 5.41) is 23.0. The molecule has 0 spiro atoms. The number of aliphatic hydroxyl groups excluding tert-OH is 2. The molecular weight excluding hydrogens is 627 g/mol. The van der Waals surface area contributed by atoms with E-state index >= 15 is 0 Å². The molecule has 0 saturated carbocycles. The molecule has 2 heterocycles. The van der Waals surface area contributed by atoms with Crippen LogP contribution in [-0.2, 0) is 46.2 Å². The van der Waals surface area contributed by atoms with E-state index in [0.717, 1.165) is 6.20 Å². The molecule has 0 bridgehead atoms. The van der Waals surface area contributed by atoms with Crippen LogP contribution in [-0.4, -0.2) is 76.9 Å². The molecular formula is C16H26N5O17P3. The van der Waals surface area contributed by atoms with E-state index in [2.05, 4.69) is 45.2 Å². The number of aliphatic hydroxyl groups is 2. The van der Waals surface area contributed by atoms with Crippen molar-refractivity contribution in [1.82, 2.24) is 14.9 Å². The molecule has 41 heavy (non-hydrogen) atoms. The lowest BCUT2D eigenvalue weighted by molar-refractivity contribution is -0.340. The van der Waals surface area contributed by atoms with Crippen LogP contribution >= 0.6 is 23.5 Å². The van der Waals surface area contributed by atoms with Gasteiger partial charge in [0.05, 0.1) is 18.7 Å². The second kappa shape index (κ2) is 14.9. The second-order valence-electron chi connectivity index (χ2n) is 7.77. The number of nitrogens with zero attached hydrogens (tertiary/aromatic N) is 2. The highest BCUT2D eigenvalue weighted by Crippen LogP contribution is 2.66. The van der Waals surface area contributed by atoms with E-state index in [1.807, 2.05) is 0 Å². The molecule has 1 saturated heterocycles. The molecule has 22 nitrogen and oxygen atoms in total. The number of nitrogen functional groups attached to an aromatic ring is 1. The summed E-state index contributed by atoms with van der Waals surface area (Å²) in [6.45, 7) is 0.189. The van der Waals surface area contributed by atoms with Crippen LogP contribution in [0.5, 0.6) is 0 Å². The van der Waals surface area contributed by atoms with E-state index in [9.17, 15) is 38.4 Å². The fourth-order valence-corrected chi connectivity index (χ4v) is 5.74. The Morgan fingerprint density at radius 2 is 1.80 bits per heavy atom. The number of unbranched alkanes of at least 4 members (excludes halogenated alkanes) is 1. The Hall–Kier alpha value is -2.12. The molecule has 2 rings (SSSR count). The highest BCUT2D eigenvalue weighted by Gasteiger charge is 2.48. The third-order valence-electron chi connectivity index (χ3n) is 4.61. The molecule has 0 aliphatic carbocycles. The van der Waals surface area contributed by atoms with Gasteiger partial charge in [0.2, 0.25) is 12.2 Å². The number of nitrogens with one attached hydrogen (secondary N) is 1. The molecule has 6 unspecified atom stereocenters. The molecule has 6 atom stereocenters. The van der Waals surface area contributed by atoms with Crippen molar-refractivity contribution < 1.29 is 76.0 Å². The molecule has 1 aliphatic heterocycles. The lowest BCUT2D eigenvalue weighted by atomic mass is 10.2. The Morgan fingerprint density at radius 3 is 2.44 bits per heavy atom. The number of carbonyl (C=O) groups excluding carboxylic acids is 1. The predicted octanol–water partition coefficient (Wildman–Crippen LogP) is -2.79. The summed E-state index contributed by atoms with van der Waals surface area (Å²) < 4.78 is 50.4. The van der Waals surface area contributed by atoms with Gasteiger partial charge in [0, 0.05) is 12.6 Å². The molecule has 0 aromatic carbocycles. The summed E-state index contributed by atoms with van der Waals surface area (Å²) in [6.07, 6.45) is -5.70. The van der Waals surface area contributed by atoms with Crippen molar-refractivity contribution >= 4 is 35.2 Å². The number of amides is 1. The number of aromatic nitrogens is 2. The van der Waals surface area contributed by atoms with Gasteiger partial charge in [0.25, 0.3) is 0 Å². The fraction of sp³-hybridized carbons (Fsp3) is 0.562. The van der Waals surface area contributed by atoms with Crippen LogP contribution in [0.4, 0.5) is 5.82 Å². The molecule has 232 valence electrons. The maximum Gasteiger partial charge on any atom is 0.508 e. The number of carbonyl (C=O) groups is 1. The number of nitrogens with two attached hydrogens (primary N) is 2. The van der Waals surface area contributed by atoms with Crippen LogP contribution in [0.2, 0.25) is 0 Å². The normalized spacial score (nSPS) is 23.7. The molecule has 0 radical (unpaired) electrons. The highest BCUT2D eigenvalue weighted by molar-refractivity contribution is 7.66. The zero-order valence-corrected chi connectivity index (χ0v) is 23.2. The maximum absolute atomic E-state index is 12.4. The van der Waals surface area contributed by atoms with Gasteiger partial charge in [-0.1, -0.05) is 11.8 Å². The Bertz CT molecular complexity index is 1340. The van der Waals surface area contributed by atoms with Gasteiger partial charge < -0.3 is 50.4 Å². The average Bonchev–Trinajstić information content (AvgIpc) is 3.10. The van der Waals surface area contributed by atoms with E-state index in [-0.39, 0.29) is 30.3 Å². The van der Waals surface area contributed by atoms with Gasteiger partial charge in [-0.3, -0.25) is 9.36 Å². The Kier molecular flexibility index (Phi) is 12.7. The molecule has 1 aromatic rings. The number of phosphoric acid groups is 3. The molecule has 25 heteroatoms. The van der Waals surface area contributed by atoms with Crippen molar-refractivity contribution in [2.75, 3.05) is 18.9 Å². The van der Waals surface area contributed by atoms with Gasteiger partial charge in [0.1, 0.15) is 18.0 Å². The van der Waals surface area contributed by atoms with Crippen LogP contribution in [0.1, 0.15) is 31.1 Å². The fourth-order valence-electron chi connectivity index (χ4n) is 2.93. The smallest absolute Gasteiger partial charge is 0.385 e. The van der Waals surface area contributed by atoms with Crippen molar-refractivity contribution in [3.63, 3.8) is 0 Å². The first-order valence-corrected chi connectivity index (χ1v) is 15.4. The number of ether oxygens (including phenoxy) is 1. The van der Waals surface area contributed by atoms with Gasteiger partial charge in [-0.2, -0.15) is 18.5 Å². The standard InChI is InChI=1S/C16H26N5O17P3/c17-13-9(4-3-6-19-10(22)5-1-2-7-33-18)8-21(16(25)20-13)14-11(23)12(24)15(34-14)35-36-40(29,30)38-41(31,32)37-39(26,27)28/h8,11-12,14-15,23-24H,1-2,5-7,18H2,(H,19,22)(H,29,30)(H,31,32)(H2,17,20,25)(H2,26,27,28). The van der Waals surface area contributed by atoms with Crippen LogP contribution < -0.4 is 22.6 Å². The Balaban J connectivity index is 2.06. The Morgan fingerprint density at radius 1 is 1.12 bits per heavy atom. The van der Waals surface area contributed by atoms with Gasteiger partial charge in [-0.15, -0.1) is 4.67 Å². The summed E-state index contributed by atoms with van der Waals surface area (Å²) in [6, 6.07) is 0. The molecule has 1 amide bonds. The minimum atomic E-state index is -5.87. The van der Waals surface area contributed by atoms with Crippen LogP contribution in [0.25, 0.3) is 0 Å². The molecule has 1 aliphatic rings. The molecule has 1 aromatic heterocycles. The lowest BCUT2D eigenvalue weighted by Gasteiger charge is -2.18. The third kappa shape index (κ3) is 11.6. The van der Waals surface area contributed by atoms with Gasteiger partial charge >= 0.3 is 29.2 Å². The van der Waals surface area contributed by atoms with Gasteiger partial charge in [-0.25, -0.2) is 24.4 Å². The van der Waals surface area contributed by atoms with Crippen LogP contribution in [0.3, 0.4) is 0 Å². The maximum atomic E-state index is 12.4. The molecule has 1 fully saturated rings. The highest BCUT2D eigenvalue weighted by atomic mass is 31.3. The SMILES string of the molecule is NOCCCCC(=O)NCC#Cc1cn(C2OC(OOP(=O)(O)OP(=O)(O)OP(=O)(O)O)C(O)C2O)c(=O)nc1N. The van der Waals surface area contributed by atoms with Crippen molar-refractivity contribution in [3.8, 4) is 11.8 Å². The number of rotatable bonds is 14. The van der Waals surface area contributed by atoms with E-state index in [1.54, 1.807) is 0 Å². The van der Waals surface area contributed by atoms with Gasteiger partial charge in [-0.05, 0) is 12.8 Å². The van der Waals surface area contributed by atoms with E-state index in [4.69, 9.17) is 31.0 Å². The van der Waals surface area contributed by atoms with Crippen molar-refractivity contribution in [1.29, 1.82) is 0 Å². The first kappa shape index (κ1) is 35.1. The molecule has 11 N–H and O–H groups in total. The first-order chi connectivity index (χ1) is 18.9. The number of hydrogen-bond acceptors (Lipinski definition) is 16. The monoisotopic (exact) mass is 653 g/mol. The summed E-state index contributed by atoms with van der Waals surface area (Å²) in [7, 11) is -17.3. The summed E-state index contributed by atoms with van der Waals surface area (Å²) >= 11 is 0. The lowest BCUT2D eigenvalue weighted by Crippen LogP contribution is -2.36. The minimum Gasteiger partial charge on any atom is -0.385 e. The zero-order chi connectivity index (χ0) is 31.0.